The number of carbonyl (C=O) groups is 1. The van der Waals surface area contributed by atoms with Crippen LogP contribution in [0.4, 0.5) is 0 Å². The first-order chi connectivity index (χ1) is 12.1. The summed E-state index contributed by atoms with van der Waals surface area (Å²) in [5.41, 5.74) is 6.09. The van der Waals surface area contributed by atoms with Crippen molar-refractivity contribution in [2.24, 2.45) is 11.7 Å². The van der Waals surface area contributed by atoms with Gasteiger partial charge in [0.05, 0.1) is 11.1 Å². The molecule has 25 heavy (non-hydrogen) atoms. The van der Waals surface area contributed by atoms with Crippen LogP contribution in [-0.2, 0) is 9.53 Å². The largest absolute Gasteiger partial charge is 0.378 e. The van der Waals surface area contributed by atoms with Gasteiger partial charge in [0, 0.05) is 48.7 Å². The van der Waals surface area contributed by atoms with Gasteiger partial charge in [0.15, 0.2) is 0 Å². The maximum atomic E-state index is 12.6. The van der Waals surface area contributed by atoms with Gasteiger partial charge in [-0.2, -0.15) is 0 Å². The zero-order valence-corrected chi connectivity index (χ0v) is 16.1. The molecule has 2 aliphatic rings. The van der Waals surface area contributed by atoms with Gasteiger partial charge in [-0.15, -0.1) is 11.8 Å². The Labute approximate surface area is 159 Å². The van der Waals surface area contributed by atoms with Gasteiger partial charge >= 0.3 is 0 Å². The van der Waals surface area contributed by atoms with Crippen molar-refractivity contribution in [1.29, 1.82) is 0 Å². The first kappa shape index (κ1) is 19.0. The van der Waals surface area contributed by atoms with Crippen LogP contribution in [-0.4, -0.2) is 48.4 Å². The Kier molecular flexibility index (Phi) is 7.05. The van der Waals surface area contributed by atoms with Gasteiger partial charge in [-0.05, 0) is 37.8 Å². The Morgan fingerprint density at radius 2 is 2.20 bits per heavy atom. The molecule has 2 saturated heterocycles. The summed E-state index contributed by atoms with van der Waals surface area (Å²) in [5, 5.41) is 0.753. The maximum Gasteiger partial charge on any atom is 0.223 e. The van der Waals surface area contributed by atoms with Crippen molar-refractivity contribution in [1.82, 2.24) is 4.90 Å². The average molecular weight is 383 g/mol. The van der Waals surface area contributed by atoms with Crippen LogP contribution < -0.4 is 5.73 Å². The van der Waals surface area contributed by atoms with Crippen LogP contribution in [0.1, 0.15) is 32.1 Å². The lowest BCUT2D eigenvalue weighted by Gasteiger charge is -2.39. The molecule has 3 atom stereocenters. The molecule has 0 saturated carbocycles. The van der Waals surface area contributed by atoms with Crippen molar-refractivity contribution in [3.8, 4) is 0 Å². The highest BCUT2D eigenvalue weighted by atomic mass is 35.5. The van der Waals surface area contributed by atoms with Crippen molar-refractivity contribution in [3.63, 3.8) is 0 Å². The number of hydrogen-bond acceptors (Lipinski definition) is 4. The summed E-state index contributed by atoms with van der Waals surface area (Å²) in [6, 6.07) is 8.02. The number of carbonyl (C=O) groups excluding carboxylic acids is 1. The highest BCUT2D eigenvalue weighted by Gasteiger charge is 2.32. The SMILES string of the molecule is NC1CCOC(C2CCCN(C(=O)CCSc3ccccc3Cl)C2)C1. The summed E-state index contributed by atoms with van der Waals surface area (Å²) in [5.74, 6) is 1.43. The van der Waals surface area contributed by atoms with Gasteiger partial charge < -0.3 is 15.4 Å². The van der Waals surface area contributed by atoms with E-state index in [-0.39, 0.29) is 18.1 Å². The molecule has 1 aromatic carbocycles. The van der Waals surface area contributed by atoms with Crippen LogP contribution in [0.3, 0.4) is 0 Å². The van der Waals surface area contributed by atoms with Crippen molar-refractivity contribution < 1.29 is 9.53 Å². The minimum Gasteiger partial charge on any atom is -0.378 e. The molecule has 138 valence electrons. The second-order valence-corrected chi connectivity index (χ2v) is 8.51. The summed E-state index contributed by atoms with van der Waals surface area (Å²) in [6.07, 6.45) is 4.84. The van der Waals surface area contributed by atoms with Crippen LogP contribution in [0.15, 0.2) is 29.2 Å². The van der Waals surface area contributed by atoms with Gasteiger partial charge in [-0.3, -0.25) is 4.79 Å². The molecule has 0 aromatic heterocycles. The first-order valence-corrected chi connectivity index (χ1v) is 10.5. The summed E-state index contributed by atoms with van der Waals surface area (Å²) in [6.45, 7) is 2.43. The normalized spacial score (nSPS) is 27.3. The van der Waals surface area contributed by atoms with Crippen LogP contribution in [0.2, 0.25) is 5.02 Å². The second kappa shape index (κ2) is 9.26. The molecule has 1 amide bonds. The number of benzene rings is 1. The number of nitrogens with zero attached hydrogens (tertiary/aromatic N) is 1. The number of piperidine rings is 1. The number of hydrogen-bond donors (Lipinski definition) is 1. The third kappa shape index (κ3) is 5.36. The molecule has 6 heteroatoms. The Morgan fingerprint density at radius 3 is 3.00 bits per heavy atom. The molecule has 2 aliphatic heterocycles. The minimum atomic E-state index is 0.219. The molecule has 2 N–H and O–H groups in total. The highest BCUT2D eigenvalue weighted by molar-refractivity contribution is 7.99. The molecule has 0 spiro atoms. The van der Waals surface area contributed by atoms with Gasteiger partial charge in [0.1, 0.15) is 0 Å². The van der Waals surface area contributed by atoms with Crippen molar-refractivity contribution in [3.05, 3.63) is 29.3 Å². The Balaban J connectivity index is 1.46. The summed E-state index contributed by atoms with van der Waals surface area (Å²) >= 11 is 7.81. The Bertz CT molecular complexity index is 586. The monoisotopic (exact) mass is 382 g/mol. The van der Waals surface area contributed by atoms with E-state index in [1.54, 1.807) is 11.8 Å². The van der Waals surface area contributed by atoms with Crippen LogP contribution in [0.25, 0.3) is 0 Å². The molecule has 1 aromatic rings. The fraction of sp³-hybridized carbons (Fsp3) is 0.632. The highest BCUT2D eigenvalue weighted by Crippen LogP contribution is 2.29. The Hall–Kier alpha value is -0.750. The van der Waals surface area contributed by atoms with Crippen LogP contribution in [0.5, 0.6) is 0 Å². The molecular formula is C19H27ClN2O2S. The molecular weight excluding hydrogens is 356 g/mol. The number of amides is 1. The number of thioether (sulfide) groups is 1. The molecule has 4 nitrogen and oxygen atoms in total. The maximum absolute atomic E-state index is 12.6. The number of halogens is 1. The lowest BCUT2D eigenvalue weighted by atomic mass is 9.87. The number of rotatable bonds is 5. The van der Waals surface area contributed by atoms with E-state index in [4.69, 9.17) is 22.1 Å². The van der Waals surface area contributed by atoms with E-state index in [0.717, 1.165) is 61.1 Å². The summed E-state index contributed by atoms with van der Waals surface area (Å²) in [4.78, 5) is 15.6. The van der Waals surface area contributed by atoms with Gasteiger partial charge in [-0.25, -0.2) is 0 Å². The van der Waals surface area contributed by atoms with Crippen LogP contribution >= 0.6 is 23.4 Å². The van der Waals surface area contributed by atoms with Gasteiger partial charge in [0.25, 0.3) is 0 Å². The molecule has 2 heterocycles. The first-order valence-electron chi connectivity index (χ1n) is 9.16. The second-order valence-electron chi connectivity index (χ2n) is 6.96. The molecule has 3 rings (SSSR count). The molecule has 0 aliphatic carbocycles. The van der Waals surface area contributed by atoms with E-state index in [9.17, 15) is 4.79 Å². The quantitative estimate of drug-likeness (QED) is 0.791. The lowest BCUT2D eigenvalue weighted by Crippen LogP contribution is -2.47. The fourth-order valence-electron chi connectivity index (χ4n) is 3.69. The standard InChI is InChI=1S/C19H27ClN2O2S/c20-16-5-1-2-6-18(16)25-11-8-19(23)22-9-3-4-14(13-22)17-12-15(21)7-10-24-17/h1-2,5-6,14-15,17H,3-4,7-13,21H2. The number of nitrogens with two attached hydrogens (primary N) is 1. The number of ether oxygens (including phenoxy) is 1. The summed E-state index contributed by atoms with van der Waals surface area (Å²) < 4.78 is 5.93. The predicted octanol–water partition coefficient (Wildman–Crippen LogP) is 3.57. The average Bonchev–Trinajstić information content (AvgIpc) is 2.63. The van der Waals surface area contributed by atoms with Crippen molar-refractivity contribution >= 4 is 29.3 Å². The van der Waals surface area contributed by atoms with E-state index in [2.05, 4.69) is 0 Å². The summed E-state index contributed by atoms with van der Waals surface area (Å²) in [7, 11) is 0. The van der Waals surface area contributed by atoms with E-state index in [1.165, 1.54) is 0 Å². The van der Waals surface area contributed by atoms with Gasteiger partial charge in [0.2, 0.25) is 5.91 Å². The fourth-order valence-corrected chi connectivity index (χ4v) is 4.87. The van der Waals surface area contributed by atoms with E-state index in [1.807, 2.05) is 29.2 Å². The van der Waals surface area contributed by atoms with Crippen LogP contribution in [0, 0.1) is 5.92 Å². The molecule has 0 radical (unpaired) electrons. The van der Waals surface area contributed by atoms with E-state index < -0.39 is 0 Å². The topological polar surface area (TPSA) is 55.6 Å². The van der Waals surface area contributed by atoms with Gasteiger partial charge in [-0.1, -0.05) is 23.7 Å². The zero-order chi connectivity index (χ0) is 17.6. The minimum absolute atomic E-state index is 0.219. The van der Waals surface area contributed by atoms with E-state index >= 15 is 0 Å². The third-order valence-corrected chi connectivity index (χ3v) is 6.62. The molecule has 3 unspecified atom stereocenters. The van der Waals surface area contributed by atoms with E-state index in [0.29, 0.717) is 12.3 Å². The zero-order valence-electron chi connectivity index (χ0n) is 14.5. The predicted molar refractivity (Wildman–Crippen MR) is 103 cm³/mol. The number of likely N-dealkylation sites (tertiary alicyclic amines) is 1. The Morgan fingerprint density at radius 1 is 1.36 bits per heavy atom. The third-order valence-electron chi connectivity index (χ3n) is 5.10. The molecule has 2 fully saturated rings. The van der Waals surface area contributed by atoms with Crippen molar-refractivity contribution in [2.75, 3.05) is 25.4 Å². The van der Waals surface area contributed by atoms with Crippen molar-refractivity contribution in [2.45, 2.75) is 49.1 Å². The smallest absolute Gasteiger partial charge is 0.223 e. The lowest BCUT2D eigenvalue weighted by molar-refractivity contribution is -0.134. The molecule has 0 bridgehead atoms.